The maximum absolute atomic E-state index is 12.1. The summed E-state index contributed by atoms with van der Waals surface area (Å²) in [6.45, 7) is -0.00343. The van der Waals surface area contributed by atoms with E-state index in [9.17, 15) is 9.59 Å². The molecule has 1 heterocycles. The van der Waals surface area contributed by atoms with Crippen LogP contribution < -0.4 is 4.90 Å². The topological polar surface area (TPSA) is 57.6 Å². The molecule has 0 unspecified atom stereocenters. The van der Waals surface area contributed by atoms with E-state index in [1.807, 2.05) is 0 Å². The average molecular weight is 306 g/mol. The van der Waals surface area contributed by atoms with Crippen LogP contribution in [0.1, 0.15) is 37.7 Å². The lowest BCUT2D eigenvalue weighted by atomic mass is 10.1. The number of nitrogens with zero attached hydrogens (tertiary/aromatic N) is 1. The highest BCUT2D eigenvalue weighted by Gasteiger charge is 2.27. The Hall–Kier alpha value is -1.83. The molecule has 1 aliphatic rings. The van der Waals surface area contributed by atoms with Crippen LogP contribution in [0.15, 0.2) is 18.2 Å². The quantitative estimate of drug-likeness (QED) is 0.674. The minimum absolute atomic E-state index is 0.00343. The van der Waals surface area contributed by atoms with Crippen molar-refractivity contribution in [1.29, 1.82) is 0 Å². The van der Waals surface area contributed by atoms with Gasteiger partial charge in [0.1, 0.15) is 0 Å². The van der Waals surface area contributed by atoms with E-state index < -0.39 is 0 Å². The Morgan fingerprint density at radius 1 is 1.19 bits per heavy atom. The average Bonchev–Trinajstić information content (AvgIpc) is 2.62. The highest BCUT2D eigenvalue weighted by Crippen LogP contribution is 2.30. The molecule has 21 heavy (non-hydrogen) atoms. The number of rotatable bonds is 2. The van der Waals surface area contributed by atoms with E-state index in [0.29, 0.717) is 48.4 Å². The van der Waals surface area contributed by atoms with Crippen molar-refractivity contribution >= 4 is 29.1 Å². The van der Waals surface area contributed by atoms with E-state index in [1.165, 1.54) is 4.90 Å². The highest BCUT2D eigenvalue weighted by molar-refractivity contribution is 6.35. The predicted octanol–water partition coefficient (Wildman–Crippen LogP) is 2.51. The molecule has 1 N–H and O–H groups in total. The second-order valence-corrected chi connectivity index (χ2v) is 5.18. The standard InChI is InChI=1S/C16H16ClNO3/c17-13-9-8-12(5-3-4-10-19)11-14(13)18-15(20)6-1-2-7-16(18)21/h8-9,11,19H,1-2,4,6-7,10H2. The summed E-state index contributed by atoms with van der Waals surface area (Å²) < 4.78 is 0. The molecule has 0 spiro atoms. The summed E-state index contributed by atoms with van der Waals surface area (Å²) in [4.78, 5) is 25.4. The van der Waals surface area contributed by atoms with E-state index in [1.54, 1.807) is 18.2 Å². The summed E-state index contributed by atoms with van der Waals surface area (Å²) in [5.41, 5.74) is 1.05. The van der Waals surface area contributed by atoms with Gasteiger partial charge in [-0.25, -0.2) is 4.90 Å². The molecule has 2 rings (SSSR count). The number of aliphatic hydroxyl groups is 1. The number of carbonyl (C=O) groups excluding carboxylic acids is 2. The summed E-state index contributed by atoms with van der Waals surface area (Å²) in [5, 5.41) is 9.08. The number of amides is 2. The fourth-order valence-corrected chi connectivity index (χ4v) is 2.37. The molecule has 1 aromatic carbocycles. The van der Waals surface area contributed by atoms with Crippen molar-refractivity contribution in [3.8, 4) is 11.8 Å². The molecular weight excluding hydrogens is 290 g/mol. The van der Waals surface area contributed by atoms with Gasteiger partial charge in [-0.15, -0.1) is 0 Å². The zero-order valence-electron chi connectivity index (χ0n) is 11.6. The number of anilines is 1. The fourth-order valence-electron chi connectivity index (χ4n) is 2.17. The Kier molecular flexibility index (Phi) is 5.38. The number of hydrogen-bond donors (Lipinski definition) is 1. The Bertz CT molecular complexity index is 598. The molecule has 0 radical (unpaired) electrons. The van der Waals surface area contributed by atoms with E-state index in [-0.39, 0.29) is 18.4 Å². The van der Waals surface area contributed by atoms with Crippen LogP contribution in [0.3, 0.4) is 0 Å². The third kappa shape index (κ3) is 3.84. The number of halogens is 1. The normalized spacial score (nSPS) is 15.4. The second kappa shape index (κ2) is 7.26. The van der Waals surface area contributed by atoms with Gasteiger partial charge >= 0.3 is 0 Å². The summed E-state index contributed by atoms with van der Waals surface area (Å²) >= 11 is 6.14. The summed E-state index contributed by atoms with van der Waals surface area (Å²) in [7, 11) is 0. The Balaban J connectivity index is 2.37. The van der Waals surface area contributed by atoms with Crippen molar-refractivity contribution < 1.29 is 14.7 Å². The lowest BCUT2D eigenvalue weighted by molar-refractivity contribution is -0.125. The van der Waals surface area contributed by atoms with Crippen molar-refractivity contribution in [2.24, 2.45) is 0 Å². The number of benzene rings is 1. The molecule has 2 amide bonds. The molecule has 1 aliphatic heterocycles. The van der Waals surface area contributed by atoms with Crippen LogP contribution in [0.2, 0.25) is 5.02 Å². The summed E-state index contributed by atoms with van der Waals surface area (Å²) in [6, 6.07) is 5.00. The van der Waals surface area contributed by atoms with Gasteiger partial charge in [-0.2, -0.15) is 0 Å². The maximum Gasteiger partial charge on any atom is 0.233 e. The molecule has 0 atom stereocenters. The Labute approximate surface area is 128 Å². The lowest BCUT2D eigenvalue weighted by Gasteiger charge is -2.20. The molecule has 0 bridgehead atoms. The third-order valence-corrected chi connectivity index (χ3v) is 3.51. The predicted molar refractivity (Wildman–Crippen MR) is 81.0 cm³/mol. The number of imide groups is 1. The van der Waals surface area contributed by atoms with Gasteiger partial charge in [-0.3, -0.25) is 9.59 Å². The number of hydrogen-bond acceptors (Lipinski definition) is 3. The van der Waals surface area contributed by atoms with E-state index in [2.05, 4.69) is 11.8 Å². The minimum atomic E-state index is -0.222. The zero-order valence-corrected chi connectivity index (χ0v) is 12.3. The monoisotopic (exact) mass is 305 g/mol. The molecule has 5 heteroatoms. The van der Waals surface area contributed by atoms with Crippen molar-refractivity contribution in [3.63, 3.8) is 0 Å². The van der Waals surface area contributed by atoms with Crippen LogP contribution in [0, 0.1) is 11.8 Å². The highest BCUT2D eigenvalue weighted by atomic mass is 35.5. The second-order valence-electron chi connectivity index (χ2n) is 4.77. The number of aliphatic hydroxyl groups excluding tert-OH is 1. The molecule has 0 aromatic heterocycles. The molecule has 110 valence electrons. The van der Waals surface area contributed by atoms with Crippen LogP contribution >= 0.6 is 11.6 Å². The van der Waals surface area contributed by atoms with Crippen LogP contribution in [0.4, 0.5) is 5.69 Å². The first-order chi connectivity index (χ1) is 10.1. The first-order valence-corrected chi connectivity index (χ1v) is 7.26. The van der Waals surface area contributed by atoms with Crippen LogP contribution in [-0.2, 0) is 9.59 Å². The molecule has 1 saturated heterocycles. The Morgan fingerprint density at radius 3 is 2.48 bits per heavy atom. The summed E-state index contributed by atoms with van der Waals surface area (Å²) in [6.07, 6.45) is 2.51. The Morgan fingerprint density at radius 2 is 1.86 bits per heavy atom. The van der Waals surface area contributed by atoms with Crippen LogP contribution in [0.5, 0.6) is 0 Å². The van der Waals surface area contributed by atoms with Gasteiger partial charge in [0.25, 0.3) is 0 Å². The van der Waals surface area contributed by atoms with Crippen molar-refractivity contribution in [3.05, 3.63) is 28.8 Å². The van der Waals surface area contributed by atoms with E-state index in [4.69, 9.17) is 16.7 Å². The third-order valence-electron chi connectivity index (χ3n) is 3.19. The van der Waals surface area contributed by atoms with Gasteiger partial charge in [0.05, 0.1) is 17.3 Å². The smallest absolute Gasteiger partial charge is 0.233 e. The molecule has 0 aliphatic carbocycles. The summed E-state index contributed by atoms with van der Waals surface area (Å²) in [5.74, 6) is 5.24. The van der Waals surface area contributed by atoms with Gasteiger partial charge in [-0.05, 0) is 31.0 Å². The van der Waals surface area contributed by atoms with Gasteiger partial charge in [0, 0.05) is 24.8 Å². The molecular formula is C16H16ClNO3. The first-order valence-electron chi connectivity index (χ1n) is 6.88. The molecule has 1 aromatic rings. The molecule has 4 nitrogen and oxygen atoms in total. The van der Waals surface area contributed by atoms with Gasteiger partial charge < -0.3 is 5.11 Å². The minimum Gasteiger partial charge on any atom is -0.395 e. The SMILES string of the molecule is O=C1CCCCC(=O)N1c1cc(C#CCCO)ccc1Cl. The number of carbonyl (C=O) groups is 2. The van der Waals surface area contributed by atoms with Crippen molar-refractivity contribution in [2.45, 2.75) is 32.1 Å². The largest absolute Gasteiger partial charge is 0.395 e. The van der Waals surface area contributed by atoms with Crippen molar-refractivity contribution in [2.75, 3.05) is 11.5 Å². The van der Waals surface area contributed by atoms with Gasteiger partial charge in [0.15, 0.2) is 0 Å². The van der Waals surface area contributed by atoms with Gasteiger partial charge in [-0.1, -0.05) is 23.4 Å². The maximum atomic E-state index is 12.1. The first kappa shape index (κ1) is 15.6. The molecule has 1 fully saturated rings. The van der Waals surface area contributed by atoms with Gasteiger partial charge in [0.2, 0.25) is 11.8 Å². The van der Waals surface area contributed by atoms with Crippen LogP contribution in [-0.4, -0.2) is 23.5 Å². The van der Waals surface area contributed by atoms with E-state index >= 15 is 0 Å². The fraction of sp³-hybridized carbons (Fsp3) is 0.375. The lowest BCUT2D eigenvalue weighted by Crippen LogP contribution is -2.35. The zero-order chi connectivity index (χ0) is 15.2. The van der Waals surface area contributed by atoms with Crippen molar-refractivity contribution in [1.82, 2.24) is 0 Å². The molecule has 0 saturated carbocycles. The van der Waals surface area contributed by atoms with Crippen LogP contribution in [0.25, 0.3) is 0 Å². The van der Waals surface area contributed by atoms with E-state index in [0.717, 1.165) is 0 Å².